The molecule has 2 aromatic rings. The van der Waals surface area contributed by atoms with Crippen molar-refractivity contribution in [3.05, 3.63) is 81.4 Å². The molecule has 2 atom stereocenters. The Balaban J connectivity index is 1.99. The third kappa shape index (κ3) is 1.11. The van der Waals surface area contributed by atoms with Gasteiger partial charge in [0.2, 0.25) is 0 Å². The Hall–Kier alpha value is -2.10. The maximum absolute atomic E-state index is 14.5. The van der Waals surface area contributed by atoms with E-state index in [1.54, 1.807) is 6.08 Å². The molecule has 0 aromatic heterocycles. The van der Waals surface area contributed by atoms with E-state index in [0.29, 0.717) is 6.42 Å². The van der Waals surface area contributed by atoms with Crippen LogP contribution in [0.1, 0.15) is 40.2 Å². The lowest BCUT2D eigenvalue weighted by Gasteiger charge is -2.43. The predicted octanol–water partition coefficient (Wildman–Crippen LogP) is 4.49. The van der Waals surface area contributed by atoms with E-state index >= 15 is 0 Å². The molecule has 0 nitrogen and oxygen atoms in total. The first-order valence-electron chi connectivity index (χ1n) is 7.24. The van der Waals surface area contributed by atoms with Crippen LogP contribution in [0.25, 0.3) is 0 Å². The molecule has 22 heavy (non-hydrogen) atoms. The van der Waals surface area contributed by atoms with Crippen LogP contribution < -0.4 is 0 Å². The summed E-state index contributed by atoms with van der Waals surface area (Å²) < 4.78 is 56.4. The Kier molecular flexibility index (Phi) is 2.05. The van der Waals surface area contributed by atoms with Crippen molar-refractivity contribution in [2.75, 3.05) is 0 Å². The van der Waals surface area contributed by atoms with E-state index in [-0.39, 0.29) is 11.1 Å². The standard InChI is InChI=1S/C18H10F4/c19-14-11-9-5-7-18(13(11)15(20)17(22)16(14)21)6-4-8-2-1-3-10(9)12(8)18/h1-3,5,7,9H,4,6H2/t9-,18+/m0/s1. The van der Waals surface area contributed by atoms with Gasteiger partial charge < -0.3 is 0 Å². The van der Waals surface area contributed by atoms with E-state index in [4.69, 9.17) is 0 Å². The Morgan fingerprint density at radius 2 is 1.68 bits per heavy atom. The molecule has 0 fully saturated rings. The SMILES string of the molecule is Fc1c(F)c(F)c2c(c1F)[C@H]1C=C[C@@]23CCc2cccc1c23. The van der Waals surface area contributed by atoms with Gasteiger partial charge in [0.1, 0.15) is 0 Å². The summed E-state index contributed by atoms with van der Waals surface area (Å²) >= 11 is 0. The van der Waals surface area contributed by atoms with Crippen molar-refractivity contribution < 1.29 is 17.6 Å². The van der Waals surface area contributed by atoms with Crippen LogP contribution >= 0.6 is 0 Å². The summed E-state index contributed by atoms with van der Waals surface area (Å²) in [6, 6.07) is 5.72. The smallest absolute Gasteiger partial charge is 0.197 e. The van der Waals surface area contributed by atoms with Crippen LogP contribution in [0.15, 0.2) is 30.4 Å². The first-order chi connectivity index (χ1) is 10.6. The van der Waals surface area contributed by atoms with Crippen molar-refractivity contribution >= 4 is 0 Å². The second-order valence-electron chi connectivity index (χ2n) is 6.23. The summed E-state index contributed by atoms with van der Waals surface area (Å²) in [7, 11) is 0. The molecule has 2 bridgehead atoms. The average Bonchev–Trinajstić information content (AvgIpc) is 2.92. The predicted molar refractivity (Wildman–Crippen MR) is 72.8 cm³/mol. The first-order valence-corrected chi connectivity index (χ1v) is 7.24. The van der Waals surface area contributed by atoms with E-state index in [1.165, 1.54) is 0 Å². The minimum Gasteiger partial charge on any atom is -0.203 e. The summed E-state index contributed by atoms with van der Waals surface area (Å²) in [5, 5.41) is 0. The highest BCUT2D eigenvalue weighted by Gasteiger charge is 2.52. The second-order valence-corrected chi connectivity index (χ2v) is 6.23. The van der Waals surface area contributed by atoms with Gasteiger partial charge in [0, 0.05) is 22.5 Å². The van der Waals surface area contributed by atoms with E-state index in [2.05, 4.69) is 0 Å². The maximum Gasteiger partial charge on any atom is 0.197 e. The minimum atomic E-state index is -1.72. The average molecular weight is 302 g/mol. The lowest BCUT2D eigenvalue weighted by atomic mass is 9.59. The molecule has 1 spiro atoms. The van der Waals surface area contributed by atoms with E-state index in [1.807, 2.05) is 24.3 Å². The number of aryl methyl sites for hydroxylation is 1. The zero-order valence-corrected chi connectivity index (χ0v) is 11.4. The molecule has 0 saturated carbocycles. The van der Waals surface area contributed by atoms with Gasteiger partial charge in [-0.2, -0.15) is 0 Å². The summed E-state index contributed by atoms with van der Waals surface area (Å²) in [5.74, 6) is -6.48. The number of hydrogen-bond acceptors (Lipinski definition) is 0. The van der Waals surface area contributed by atoms with E-state index < -0.39 is 34.6 Å². The van der Waals surface area contributed by atoms with Gasteiger partial charge in [-0.1, -0.05) is 30.4 Å². The summed E-state index contributed by atoms with van der Waals surface area (Å²) in [5.41, 5.74) is 2.03. The van der Waals surface area contributed by atoms with Crippen LogP contribution in [0.4, 0.5) is 17.6 Å². The highest BCUT2D eigenvalue weighted by atomic mass is 19.2. The first kappa shape index (κ1) is 12.4. The summed E-state index contributed by atoms with van der Waals surface area (Å²) in [6.07, 6.45) is 4.91. The van der Waals surface area contributed by atoms with Crippen molar-refractivity contribution in [3.8, 4) is 0 Å². The van der Waals surface area contributed by atoms with Crippen molar-refractivity contribution in [2.24, 2.45) is 0 Å². The third-order valence-electron chi connectivity index (χ3n) is 5.39. The van der Waals surface area contributed by atoms with Crippen LogP contribution in [0, 0.1) is 23.3 Å². The molecule has 4 heteroatoms. The lowest BCUT2D eigenvalue weighted by molar-refractivity contribution is 0.381. The number of rotatable bonds is 0. The molecule has 0 aliphatic heterocycles. The lowest BCUT2D eigenvalue weighted by Crippen LogP contribution is -2.37. The Morgan fingerprint density at radius 1 is 0.909 bits per heavy atom. The van der Waals surface area contributed by atoms with Crippen LogP contribution in [-0.2, 0) is 11.8 Å². The Labute approximate surface area is 124 Å². The minimum absolute atomic E-state index is 0.00569. The molecule has 4 aliphatic rings. The number of allylic oxidation sites excluding steroid dienone is 2. The van der Waals surface area contributed by atoms with Crippen molar-refractivity contribution in [2.45, 2.75) is 24.2 Å². The quantitative estimate of drug-likeness (QED) is 0.291. The molecular formula is C18H10F4. The zero-order chi connectivity index (χ0) is 15.2. The van der Waals surface area contributed by atoms with Gasteiger partial charge in [0.25, 0.3) is 0 Å². The molecule has 0 N–H and O–H groups in total. The highest BCUT2D eigenvalue weighted by molar-refractivity contribution is 5.69. The van der Waals surface area contributed by atoms with Gasteiger partial charge in [-0.3, -0.25) is 0 Å². The molecule has 2 aromatic carbocycles. The van der Waals surface area contributed by atoms with Crippen LogP contribution in [0.3, 0.4) is 0 Å². The van der Waals surface area contributed by atoms with E-state index in [0.717, 1.165) is 23.1 Å². The fraction of sp³-hybridized carbons (Fsp3) is 0.222. The van der Waals surface area contributed by atoms with Crippen molar-refractivity contribution in [1.82, 2.24) is 0 Å². The monoisotopic (exact) mass is 302 g/mol. The number of hydrogen-bond donors (Lipinski definition) is 0. The topological polar surface area (TPSA) is 0 Å². The summed E-state index contributed by atoms with van der Waals surface area (Å²) in [6.45, 7) is 0. The number of benzene rings is 2. The van der Waals surface area contributed by atoms with Crippen molar-refractivity contribution in [1.29, 1.82) is 0 Å². The highest BCUT2D eigenvalue weighted by Crippen LogP contribution is 2.59. The van der Waals surface area contributed by atoms with Gasteiger partial charge in [0.15, 0.2) is 23.3 Å². The van der Waals surface area contributed by atoms with Gasteiger partial charge in [-0.25, -0.2) is 17.6 Å². The normalized spacial score (nSPS) is 26.3. The summed E-state index contributed by atoms with van der Waals surface area (Å²) in [4.78, 5) is 0. The molecule has 0 radical (unpaired) electrons. The fourth-order valence-electron chi connectivity index (χ4n) is 4.58. The molecule has 6 rings (SSSR count). The fourth-order valence-corrected chi connectivity index (χ4v) is 4.58. The molecule has 4 aliphatic carbocycles. The van der Waals surface area contributed by atoms with Crippen LogP contribution in [-0.4, -0.2) is 0 Å². The molecule has 0 amide bonds. The van der Waals surface area contributed by atoms with Crippen molar-refractivity contribution in [3.63, 3.8) is 0 Å². The molecule has 0 saturated heterocycles. The van der Waals surface area contributed by atoms with Gasteiger partial charge in [-0.15, -0.1) is 0 Å². The second kappa shape index (κ2) is 3.62. The van der Waals surface area contributed by atoms with E-state index in [9.17, 15) is 17.6 Å². The molecular weight excluding hydrogens is 292 g/mol. The molecule has 110 valence electrons. The van der Waals surface area contributed by atoms with Gasteiger partial charge in [0.05, 0.1) is 0 Å². The molecule has 0 unspecified atom stereocenters. The Morgan fingerprint density at radius 3 is 2.50 bits per heavy atom. The number of halogens is 4. The Bertz CT molecular complexity index is 897. The van der Waals surface area contributed by atoms with Crippen LogP contribution in [0.5, 0.6) is 0 Å². The zero-order valence-electron chi connectivity index (χ0n) is 11.4. The largest absolute Gasteiger partial charge is 0.203 e. The van der Waals surface area contributed by atoms with Gasteiger partial charge in [-0.05, 0) is 29.5 Å². The third-order valence-corrected chi connectivity index (χ3v) is 5.39. The molecule has 0 heterocycles. The van der Waals surface area contributed by atoms with Crippen LogP contribution in [0.2, 0.25) is 0 Å². The van der Waals surface area contributed by atoms with Gasteiger partial charge >= 0.3 is 0 Å². The maximum atomic E-state index is 14.5.